The predicted molar refractivity (Wildman–Crippen MR) is 63.6 cm³/mol. The lowest BCUT2D eigenvalue weighted by Gasteiger charge is -2.22. The third kappa shape index (κ3) is 3.32. The minimum Gasteiger partial charge on any atom is -0.339 e. The number of carbonyl (C=O) groups excluding carboxylic acids is 1. The van der Waals surface area contributed by atoms with E-state index in [0.29, 0.717) is 6.54 Å². The van der Waals surface area contributed by atoms with Gasteiger partial charge in [-0.05, 0) is 17.4 Å². The smallest absolute Gasteiger partial charge is 0.239 e. The number of nitrogens with zero attached hydrogens (tertiary/aromatic N) is 1. The second-order valence-electron chi connectivity index (χ2n) is 4.04. The fraction of sp³-hybridized carbons (Fsp3) is 0.545. The highest BCUT2D eigenvalue weighted by Gasteiger charge is 2.20. The first-order chi connectivity index (χ1) is 7.02. The highest BCUT2D eigenvalue weighted by atomic mass is 32.1. The van der Waals surface area contributed by atoms with Crippen LogP contribution in [0.15, 0.2) is 17.5 Å². The Kier molecular flexibility index (Phi) is 4.29. The van der Waals surface area contributed by atoms with E-state index in [1.165, 1.54) is 4.88 Å². The minimum atomic E-state index is -0.394. The zero-order chi connectivity index (χ0) is 11.4. The van der Waals surface area contributed by atoms with Gasteiger partial charge >= 0.3 is 0 Å². The molecule has 0 saturated heterocycles. The fourth-order valence-corrected chi connectivity index (χ4v) is 2.01. The molecular formula is C11H18N2OS. The number of thiophene rings is 1. The first kappa shape index (κ1) is 12.2. The van der Waals surface area contributed by atoms with Gasteiger partial charge in [-0.1, -0.05) is 19.9 Å². The average Bonchev–Trinajstić information content (AvgIpc) is 2.67. The molecule has 0 spiro atoms. The quantitative estimate of drug-likeness (QED) is 0.849. The standard InChI is InChI=1S/C11H18N2OS/c1-8(2)10(12)11(14)13(3)7-9-5-4-6-15-9/h4-6,8,10H,7,12H2,1-3H3/t10-/m1/s1. The van der Waals surface area contributed by atoms with Crippen LogP contribution in [0.3, 0.4) is 0 Å². The van der Waals surface area contributed by atoms with Crippen molar-refractivity contribution in [2.75, 3.05) is 7.05 Å². The summed E-state index contributed by atoms with van der Waals surface area (Å²) in [5.74, 6) is 0.196. The maximum Gasteiger partial charge on any atom is 0.239 e. The number of rotatable bonds is 4. The Morgan fingerprint density at radius 3 is 2.73 bits per heavy atom. The van der Waals surface area contributed by atoms with Crippen molar-refractivity contribution in [1.29, 1.82) is 0 Å². The Hall–Kier alpha value is -0.870. The summed E-state index contributed by atoms with van der Waals surface area (Å²) in [6.45, 7) is 4.57. The van der Waals surface area contributed by atoms with Gasteiger partial charge in [0, 0.05) is 11.9 Å². The molecule has 15 heavy (non-hydrogen) atoms. The highest BCUT2D eigenvalue weighted by Crippen LogP contribution is 2.12. The molecule has 4 heteroatoms. The third-order valence-electron chi connectivity index (χ3n) is 2.35. The van der Waals surface area contributed by atoms with Crippen molar-refractivity contribution in [1.82, 2.24) is 4.90 Å². The summed E-state index contributed by atoms with van der Waals surface area (Å²) in [4.78, 5) is 14.7. The van der Waals surface area contributed by atoms with Crippen molar-refractivity contribution in [3.8, 4) is 0 Å². The van der Waals surface area contributed by atoms with E-state index in [0.717, 1.165) is 0 Å². The van der Waals surface area contributed by atoms with Crippen LogP contribution in [0.1, 0.15) is 18.7 Å². The fourth-order valence-electron chi connectivity index (χ4n) is 1.25. The summed E-state index contributed by atoms with van der Waals surface area (Å²) >= 11 is 1.65. The molecule has 0 bridgehead atoms. The van der Waals surface area contributed by atoms with Gasteiger partial charge in [-0.25, -0.2) is 0 Å². The molecule has 1 aromatic rings. The lowest BCUT2D eigenvalue weighted by atomic mass is 10.0. The summed E-state index contributed by atoms with van der Waals surface area (Å²) in [6, 6.07) is 3.62. The van der Waals surface area contributed by atoms with Gasteiger partial charge in [0.15, 0.2) is 0 Å². The zero-order valence-corrected chi connectivity index (χ0v) is 10.3. The van der Waals surface area contributed by atoms with Crippen molar-refractivity contribution in [3.63, 3.8) is 0 Å². The molecule has 84 valence electrons. The van der Waals surface area contributed by atoms with E-state index < -0.39 is 6.04 Å². The van der Waals surface area contributed by atoms with Gasteiger partial charge < -0.3 is 10.6 Å². The number of hydrogen-bond acceptors (Lipinski definition) is 3. The lowest BCUT2D eigenvalue weighted by Crippen LogP contribution is -2.44. The molecule has 1 amide bonds. The third-order valence-corrected chi connectivity index (χ3v) is 3.21. The summed E-state index contributed by atoms with van der Waals surface area (Å²) in [5.41, 5.74) is 5.80. The Balaban J connectivity index is 2.54. The number of carbonyl (C=O) groups is 1. The van der Waals surface area contributed by atoms with Crippen LogP contribution in [0.25, 0.3) is 0 Å². The maximum atomic E-state index is 11.8. The lowest BCUT2D eigenvalue weighted by molar-refractivity contribution is -0.132. The first-order valence-electron chi connectivity index (χ1n) is 5.05. The predicted octanol–water partition coefficient (Wildman–Crippen LogP) is 1.69. The number of amides is 1. The molecule has 0 aromatic carbocycles. The highest BCUT2D eigenvalue weighted by molar-refractivity contribution is 7.09. The summed E-state index contributed by atoms with van der Waals surface area (Å²) in [6.07, 6.45) is 0. The van der Waals surface area contributed by atoms with E-state index in [1.807, 2.05) is 31.4 Å². The van der Waals surface area contributed by atoms with E-state index in [9.17, 15) is 4.79 Å². The van der Waals surface area contributed by atoms with E-state index >= 15 is 0 Å². The molecule has 2 N–H and O–H groups in total. The average molecular weight is 226 g/mol. The Morgan fingerprint density at radius 2 is 2.27 bits per heavy atom. The van der Waals surface area contributed by atoms with Crippen molar-refractivity contribution >= 4 is 17.2 Å². The Bertz CT molecular complexity index is 308. The molecule has 0 radical (unpaired) electrons. The number of nitrogens with two attached hydrogens (primary N) is 1. The maximum absolute atomic E-state index is 11.8. The monoisotopic (exact) mass is 226 g/mol. The molecule has 0 saturated carbocycles. The molecule has 3 nitrogen and oxygen atoms in total. The van der Waals surface area contributed by atoms with Crippen molar-refractivity contribution in [2.24, 2.45) is 11.7 Å². The summed E-state index contributed by atoms with van der Waals surface area (Å²) in [5, 5.41) is 2.01. The van der Waals surface area contributed by atoms with Gasteiger partial charge in [0.25, 0.3) is 0 Å². The Labute approximate surface area is 94.9 Å². The molecular weight excluding hydrogens is 208 g/mol. The summed E-state index contributed by atoms with van der Waals surface area (Å²) < 4.78 is 0. The topological polar surface area (TPSA) is 46.3 Å². The SMILES string of the molecule is CC(C)[C@@H](N)C(=O)N(C)Cc1cccs1. The molecule has 0 fully saturated rings. The molecule has 1 atom stereocenters. The molecule has 1 rings (SSSR count). The van der Waals surface area contributed by atoms with Gasteiger partial charge in [0.1, 0.15) is 0 Å². The van der Waals surface area contributed by atoms with Gasteiger partial charge in [-0.15, -0.1) is 11.3 Å². The largest absolute Gasteiger partial charge is 0.339 e. The number of hydrogen-bond donors (Lipinski definition) is 1. The van der Waals surface area contributed by atoms with Crippen LogP contribution in [0.4, 0.5) is 0 Å². The van der Waals surface area contributed by atoms with Crippen molar-refractivity contribution < 1.29 is 4.79 Å². The van der Waals surface area contributed by atoms with Gasteiger partial charge in [-0.2, -0.15) is 0 Å². The second-order valence-corrected chi connectivity index (χ2v) is 5.08. The van der Waals surface area contributed by atoms with Gasteiger partial charge in [0.2, 0.25) is 5.91 Å². The molecule has 1 heterocycles. The molecule has 0 unspecified atom stereocenters. The Morgan fingerprint density at radius 1 is 1.60 bits per heavy atom. The normalized spacial score (nSPS) is 12.9. The minimum absolute atomic E-state index is 0.0124. The van der Waals surface area contributed by atoms with Crippen LogP contribution in [0.5, 0.6) is 0 Å². The van der Waals surface area contributed by atoms with E-state index in [2.05, 4.69) is 0 Å². The number of likely N-dealkylation sites (N-methyl/N-ethyl adjacent to an activating group) is 1. The van der Waals surface area contributed by atoms with E-state index in [4.69, 9.17) is 5.73 Å². The zero-order valence-electron chi connectivity index (χ0n) is 9.43. The van der Waals surface area contributed by atoms with Crippen LogP contribution in [-0.2, 0) is 11.3 Å². The molecule has 0 aliphatic carbocycles. The van der Waals surface area contributed by atoms with Crippen LogP contribution in [-0.4, -0.2) is 23.9 Å². The van der Waals surface area contributed by atoms with Gasteiger partial charge in [-0.3, -0.25) is 4.79 Å². The second kappa shape index (κ2) is 5.28. The molecule has 0 aliphatic heterocycles. The van der Waals surface area contributed by atoms with Crippen molar-refractivity contribution in [2.45, 2.75) is 26.4 Å². The van der Waals surface area contributed by atoms with Gasteiger partial charge in [0.05, 0.1) is 12.6 Å². The van der Waals surface area contributed by atoms with E-state index in [-0.39, 0.29) is 11.8 Å². The molecule has 0 aliphatic rings. The van der Waals surface area contributed by atoms with Crippen LogP contribution in [0.2, 0.25) is 0 Å². The van der Waals surface area contributed by atoms with Crippen LogP contribution in [0, 0.1) is 5.92 Å². The van der Waals surface area contributed by atoms with Crippen LogP contribution >= 0.6 is 11.3 Å². The summed E-state index contributed by atoms with van der Waals surface area (Å²) in [7, 11) is 1.80. The molecule has 1 aromatic heterocycles. The van der Waals surface area contributed by atoms with E-state index in [1.54, 1.807) is 23.3 Å². The van der Waals surface area contributed by atoms with Crippen molar-refractivity contribution in [3.05, 3.63) is 22.4 Å². The van der Waals surface area contributed by atoms with Crippen LogP contribution < -0.4 is 5.73 Å². The first-order valence-corrected chi connectivity index (χ1v) is 5.93.